The molecule has 0 saturated carbocycles. The Morgan fingerprint density at radius 2 is 1.48 bits per heavy atom. The quantitative estimate of drug-likeness (QED) is 0.434. The van der Waals surface area contributed by atoms with E-state index in [1.54, 1.807) is 36.5 Å². The normalized spacial score (nSPS) is 12.1. The first-order chi connectivity index (χ1) is 13.7. The summed E-state index contributed by atoms with van der Waals surface area (Å²) in [6.45, 7) is 6.28. The first-order valence-corrected chi connectivity index (χ1v) is 10.8. The fourth-order valence-corrected chi connectivity index (χ4v) is 3.77. The van der Waals surface area contributed by atoms with E-state index in [-0.39, 0.29) is 10.3 Å². The molecule has 0 bridgehead atoms. The highest BCUT2D eigenvalue weighted by Crippen LogP contribution is 2.24. The molecule has 5 nitrogen and oxygen atoms in total. The van der Waals surface area contributed by atoms with Gasteiger partial charge in [-0.3, -0.25) is 10.1 Å². The van der Waals surface area contributed by atoms with E-state index < -0.39 is 10.0 Å². The Morgan fingerprint density at radius 3 is 2.14 bits per heavy atom. The van der Waals surface area contributed by atoms with Gasteiger partial charge >= 0.3 is 0 Å². The molecule has 0 unspecified atom stereocenters. The fourth-order valence-electron chi connectivity index (χ4n) is 2.72. The third kappa shape index (κ3) is 5.68. The van der Waals surface area contributed by atoms with Gasteiger partial charge in [-0.15, -0.1) is 0 Å². The molecule has 2 N–H and O–H groups in total. The lowest BCUT2D eigenvalue weighted by molar-refractivity contribution is 0.587. The average Bonchev–Trinajstić information content (AvgIpc) is 2.68. The molecule has 0 atom stereocenters. The number of nitrogens with one attached hydrogen (secondary N) is 2. The van der Waals surface area contributed by atoms with Crippen molar-refractivity contribution in [3.8, 4) is 0 Å². The number of hydrogen-bond acceptors (Lipinski definition) is 4. The zero-order valence-electron chi connectivity index (χ0n) is 16.8. The number of sulfonamides is 1. The standard InChI is InChI=1S/C23H25N3O2S/c1-23(2,3)19-12-14-22(15-13-19)29(27,28)26-21-11-7-8-18(16-21)17-24-25-20-9-5-4-6-10-20/h4-17,25-26H,1-3H3. The molecule has 0 aliphatic heterocycles. The molecule has 0 radical (unpaired) electrons. The van der Waals surface area contributed by atoms with Gasteiger partial charge in [0.25, 0.3) is 10.0 Å². The summed E-state index contributed by atoms with van der Waals surface area (Å²) < 4.78 is 28.1. The maximum atomic E-state index is 12.7. The van der Waals surface area contributed by atoms with Crippen molar-refractivity contribution >= 4 is 27.6 Å². The van der Waals surface area contributed by atoms with Gasteiger partial charge in [0, 0.05) is 5.69 Å². The SMILES string of the molecule is CC(C)(C)c1ccc(S(=O)(=O)Nc2cccc(C=NNc3ccccc3)c2)cc1. The van der Waals surface area contributed by atoms with E-state index in [1.807, 2.05) is 48.5 Å². The van der Waals surface area contributed by atoms with E-state index in [9.17, 15) is 8.42 Å². The van der Waals surface area contributed by atoms with Crippen molar-refractivity contribution in [3.05, 3.63) is 90.0 Å². The molecule has 29 heavy (non-hydrogen) atoms. The fraction of sp³-hybridized carbons (Fsp3) is 0.174. The largest absolute Gasteiger partial charge is 0.280 e. The van der Waals surface area contributed by atoms with Gasteiger partial charge in [0.05, 0.1) is 16.8 Å². The van der Waals surface area contributed by atoms with Crippen LogP contribution in [0.5, 0.6) is 0 Å². The molecule has 0 aliphatic carbocycles. The van der Waals surface area contributed by atoms with Crippen molar-refractivity contribution in [2.24, 2.45) is 5.10 Å². The van der Waals surface area contributed by atoms with E-state index >= 15 is 0 Å². The molecule has 0 fully saturated rings. The van der Waals surface area contributed by atoms with E-state index in [0.717, 1.165) is 16.8 Å². The van der Waals surface area contributed by atoms with Crippen LogP contribution >= 0.6 is 0 Å². The van der Waals surface area contributed by atoms with Gasteiger partial charge in [-0.25, -0.2) is 8.42 Å². The molecule has 3 aromatic rings. The maximum Gasteiger partial charge on any atom is 0.261 e. The summed E-state index contributed by atoms with van der Waals surface area (Å²) in [5, 5.41) is 4.19. The van der Waals surface area contributed by atoms with Crippen LogP contribution in [0, 0.1) is 0 Å². The molecular weight excluding hydrogens is 382 g/mol. The zero-order valence-corrected chi connectivity index (χ0v) is 17.6. The third-order valence-electron chi connectivity index (χ3n) is 4.35. The third-order valence-corrected chi connectivity index (χ3v) is 5.75. The Balaban J connectivity index is 1.72. The summed E-state index contributed by atoms with van der Waals surface area (Å²) in [7, 11) is -3.67. The van der Waals surface area contributed by atoms with Crippen LogP contribution in [0.1, 0.15) is 31.9 Å². The predicted molar refractivity (Wildman–Crippen MR) is 120 cm³/mol. The van der Waals surface area contributed by atoms with Gasteiger partial charge in [0.1, 0.15) is 0 Å². The molecule has 0 saturated heterocycles. The number of rotatable bonds is 6. The highest BCUT2D eigenvalue weighted by atomic mass is 32.2. The zero-order chi connectivity index (χ0) is 20.9. The maximum absolute atomic E-state index is 12.7. The number of anilines is 2. The first-order valence-electron chi connectivity index (χ1n) is 9.32. The monoisotopic (exact) mass is 407 g/mol. The lowest BCUT2D eigenvalue weighted by Crippen LogP contribution is -2.15. The van der Waals surface area contributed by atoms with Gasteiger partial charge in [-0.2, -0.15) is 5.10 Å². The number of hydrogen-bond donors (Lipinski definition) is 2. The Labute approximate surface area is 172 Å². The molecule has 0 aromatic heterocycles. The second-order valence-electron chi connectivity index (χ2n) is 7.74. The van der Waals surface area contributed by atoms with Gasteiger partial charge in [0.2, 0.25) is 0 Å². The Kier molecular flexibility index (Phi) is 6.03. The lowest BCUT2D eigenvalue weighted by atomic mass is 9.87. The molecular formula is C23H25N3O2S. The molecule has 0 amide bonds. The Morgan fingerprint density at radius 1 is 0.828 bits per heavy atom. The van der Waals surface area contributed by atoms with Gasteiger partial charge < -0.3 is 0 Å². The minimum absolute atomic E-state index is 0.0306. The summed E-state index contributed by atoms with van der Waals surface area (Å²) in [5.41, 5.74) is 6.12. The van der Waals surface area contributed by atoms with E-state index in [0.29, 0.717) is 5.69 Å². The minimum atomic E-state index is -3.67. The van der Waals surface area contributed by atoms with Gasteiger partial charge in [-0.1, -0.05) is 63.2 Å². The van der Waals surface area contributed by atoms with Gasteiger partial charge in [0.15, 0.2) is 0 Å². The van der Waals surface area contributed by atoms with Crippen molar-refractivity contribution < 1.29 is 8.42 Å². The van der Waals surface area contributed by atoms with Crippen molar-refractivity contribution in [2.45, 2.75) is 31.1 Å². The molecule has 6 heteroatoms. The van der Waals surface area contributed by atoms with Crippen molar-refractivity contribution in [2.75, 3.05) is 10.1 Å². The van der Waals surface area contributed by atoms with Crippen LogP contribution in [0.4, 0.5) is 11.4 Å². The summed E-state index contributed by atoms with van der Waals surface area (Å²) in [6.07, 6.45) is 1.64. The van der Waals surface area contributed by atoms with Crippen LogP contribution < -0.4 is 10.1 Å². The molecule has 3 aromatic carbocycles. The van der Waals surface area contributed by atoms with Crippen LogP contribution in [0.15, 0.2) is 88.9 Å². The summed E-state index contributed by atoms with van der Waals surface area (Å²) in [4.78, 5) is 0.232. The van der Waals surface area contributed by atoms with Crippen molar-refractivity contribution in [1.82, 2.24) is 0 Å². The molecule has 0 heterocycles. The topological polar surface area (TPSA) is 70.6 Å². The molecule has 0 aliphatic rings. The highest BCUT2D eigenvalue weighted by molar-refractivity contribution is 7.92. The highest BCUT2D eigenvalue weighted by Gasteiger charge is 2.17. The average molecular weight is 408 g/mol. The molecule has 3 rings (SSSR count). The van der Waals surface area contributed by atoms with E-state index in [2.05, 4.69) is 36.0 Å². The predicted octanol–water partition coefficient (Wildman–Crippen LogP) is 5.23. The lowest BCUT2D eigenvalue weighted by Gasteiger charge is -2.19. The van der Waals surface area contributed by atoms with Crippen molar-refractivity contribution in [1.29, 1.82) is 0 Å². The summed E-state index contributed by atoms with van der Waals surface area (Å²) in [5.74, 6) is 0. The van der Waals surface area contributed by atoms with Crippen LogP contribution in [0.3, 0.4) is 0 Å². The van der Waals surface area contributed by atoms with E-state index in [1.165, 1.54) is 0 Å². The Hall–Kier alpha value is -3.12. The second kappa shape index (κ2) is 8.49. The molecule has 150 valence electrons. The first kappa shape index (κ1) is 20.6. The van der Waals surface area contributed by atoms with Crippen molar-refractivity contribution in [3.63, 3.8) is 0 Å². The number of nitrogens with zero attached hydrogens (tertiary/aromatic N) is 1. The second-order valence-corrected chi connectivity index (χ2v) is 9.42. The number of hydrazone groups is 1. The van der Waals surface area contributed by atoms with Gasteiger partial charge in [-0.05, 0) is 52.9 Å². The minimum Gasteiger partial charge on any atom is -0.280 e. The van der Waals surface area contributed by atoms with E-state index in [4.69, 9.17) is 0 Å². The molecule has 0 spiro atoms. The Bertz CT molecular complexity index is 1080. The number of para-hydroxylation sites is 1. The van der Waals surface area contributed by atoms with Crippen LogP contribution in [-0.4, -0.2) is 14.6 Å². The summed E-state index contributed by atoms with van der Waals surface area (Å²) in [6, 6.07) is 23.6. The number of benzene rings is 3. The smallest absolute Gasteiger partial charge is 0.261 e. The van der Waals surface area contributed by atoms with Crippen LogP contribution in [0.2, 0.25) is 0 Å². The van der Waals surface area contributed by atoms with Crippen LogP contribution in [-0.2, 0) is 15.4 Å². The van der Waals surface area contributed by atoms with Crippen LogP contribution in [0.25, 0.3) is 0 Å². The summed E-state index contributed by atoms with van der Waals surface area (Å²) >= 11 is 0.